The first-order valence-corrected chi connectivity index (χ1v) is 9.99. The molecule has 0 spiro atoms. The monoisotopic (exact) mass is 377 g/mol. The third kappa shape index (κ3) is 4.60. The van der Waals surface area contributed by atoms with Crippen molar-refractivity contribution in [3.8, 4) is 10.6 Å². The standard InChI is InChI=1S/C19H24ClN3OS/c1-13-5-3-4-11-23(13)12-10-21-18(24)17-14(2)22-19(25-17)15-6-8-16(20)9-7-15/h6-9,13H,3-5,10-12H2,1-2H3,(H,21,24)/t13-/m1/s1. The Labute approximate surface area is 158 Å². The van der Waals surface area contributed by atoms with Gasteiger partial charge in [-0.3, -0.25) is 9.69 Å². The van der Waals surface area contributed by atoms with Gasteiger partial charge in [0.15, 0.2) is 0 Å². The van der Waals surface area contributed by atoms with E-state index in [4.69, 9.17) is 11.6 Å². The van der Waals surface area contributed by atoms with E-state index in [2.05, 4.69) is 22.1 Å². The Kier molecular flexibility index (Phi) is 6.10. The van der Waals surface area contributed by atoms with Gasteiger partial charge in [-0.05, 0) is 45.4 Å². The molecule has 0 unspecified atom stereocenters. The number of halogens is 1. The molecule has 2 heterocycles. The van der Waals surface area contributed by atoms with E-state index in [9.17, 15) is 4.79 Å². The van der Waals surface area contributed by atoms with Crippen molar-refractivity contribution < 1.29 is 4.79 Å². The highest BCUT2D eigenvalue weighted by atomic mass is 35.5. The van der Waals surface area contributed by atoms with Crippen LogP contribution >= 0.6 is 22.9 Å². The van der Waals surface area contributed by atoms with Gasteiger partial charge in [-0.1, -0.05) is 30.2 Å². The maximum absolute atomic E-state index is 12.5. The molecule has 2 aromatic rings. The van der Waals surface area contributed by atoms with E-state index in [1.54, 1.807) is 0 Å². The van der Waals surface area contributed by atoms with Crippen molar-refractivity contribution >= 4 is 28.8 Å². The Bertz CT molecular complexity index is 729. The summed E-state index contributed by atoms with van der Waals surface area (Å²) in [7, 11) is 0. The molecule has 0 aliphatic carbocycles. The average molecular weight is 378 g/mol. The number of thiazole rings is 1. The highest BCUT2D eigenvalue weighted by Gasteiger charge is 2.19. The van der Waals surface area contributed by atoms with Gasteiger partial charge in [0.2, 0.25) is 0 Å². The van der Waals surface area contributed by atoms with Gasteiger partial charge in [0.1, 0.15) is 9.88 Å². The summed E-state index contributed by atoms with van der Waals surface area (Å²) in [6, 6.07) is 8.16. The predicted molar refractivity (Wildman–Crippen MR) is 105 cm³/mol. The van der Waals surface area contributed by atoms with Gasteiger partial charge in [0.05, 0.1) is 5.69 Å². The number of aromatic nitrogens is 1. The third-order valence-corrected chi connectivity index (χ3v) is 6.18. The summed E-state index contributed by atoms with van der Waals surface area (Å²) in [4.78, 5) is 20.2. The molecule has 1 amide bonds. The number of benzene rings is 1. The highest BCUT2D eigenvalue weighted by Crippen LogP contribution is 2.28. The summed E-state index contributed by atoms with van der Waals surface area (Å²) in [6.07, 6.45) is 3.83. The number of likely N-dealkylation sites (tertiary alicyclic amines) is 1. The minimum absolute atomic E-state index is 0.0279. The molecule has 0 bridgehead atoms. The van der Waals surface area contributed by atoms with E-state index in [0.29, 0.717) is 22.5 Å². The molecule has 0 saturated carbocycles. The van der Waals surface area contributed by atoms with Crippen LogP contribution in [0.2, 0.25) is 5.02 Å². The quantitative estimate of drug-likeness (QED) is 0.841. The van der Waals surface area contributed by atoms with Gasteiger partial charge in [-0.15, -0.1) is 11.3 Å². The largest absolute Gasteiger partial charge is 0.350 e. The number of carbonyl (C=O) groups excluding carboxylic acids is 1. The van der Waals surface area contributed by atoms with Crippen LogP contribution in [-0.2, 0) is 0 Å². The number of hydrogen-bond acceptors (Lipinski definition) is 4. The summed E-state index contributed by atoms with van der Waals surface area (Å²) in [5.41, 5.74) is 1.76. The van der Waals surface area contributed by atoms with Gasteiger partial charge in [-0.25, -0.2) is 4.98 Å². The maximum atomic E-state index is 12.5. The van der Waals surface area contributed by atoms with Crippen molar-refractivity contribution in [3.05, 3.63) is 39.9 Å². The number of nitrogens with one attached hydrogen (secondary N) is 1. The molecular weight excluding hydrogens is 354 g/mol. The van der Waals surface area contributed by atoms with Gasteiger partial charge in [0.25, 0.3) is 5.91 Å². The van der Waals surface area contributed by atoms with Crippen molar-refractivity contribution in [1.82, 2.24) is 15.2 Å². The van der Waals surface area contributed by atoms with Crippen LogP contribution < -0.4 is 5.32 Å². The fourth-order valence-corrected chi connectivity index (χ4v) is 4.32. The fourth-order valence-electron chi connectivity index (χ4n) is 3.21. The molecule has 134 valence electrons. The van der Waals surface area contributed by atoms with E-state index >= 15 is 0 Å². The highest BCUT2D eigenvalue weighted by molar-refractivity contribution is 7.17. The van der Waals surface area contributed by atoms with Crippen LogP contribution in [0.3, 0.4) is 0 Å². The zero-order valence-corrected chi connectivity index (χ0v) is 16.3. The Morgan fingerprint density at radius 1 is 1.36 bits per heavy atom. The number of rotatable bonds is 5. The van der Waals surface area contributed by atoms with Crippen LogP contribution in [0.25, 0.3) is 10.6 Å². The molecule has 1 aliphatic heterocycles. The van der Waals surface area contributed by atoms with E-state index in [0.717, 1.165) is 29.4 Å². The molecule has 4 nitrogen and oxygen atoms in total. The average Bonchev–Trinajstić information content (AvgIpc) is 2.99. The molecule has 1 aromatic heterocycles. The second-order valence-electron chi connectivity index (χ2n) is 6.58. The van der Waals surface area contributed by atoms with Crippen LogP contribution in [0.4, 0.5) is 0 Å². The predicted octanol–water partition coefficient (Wildman–Crippen LogP) is 4.38. The van der Waals surface area contributed by atoms with Crippen molar-refractivity contribution in [3.63, 3.8) is 0 Å². The number of amides is 1. The molecule has 0 radical (unpaired) electrons. The fraction of sp³-hybridized carbons (Fsp3) is 0.474. The third-order valence-electron chi connectivity index (χ3n) is 4.72. The van der Waals surface area contributed by atoms with Gasteiger partial charge >= 0.3 is 0 Å². The molecule has 6 heteroatoms. The van der Waals surface area contributed by atoms with Crippen molar-refractivity contribution in [1.29, 1.82) is 0 Å². The molecule has 1 aromatic carbocycles. The Morgan fingerprint density at radius 3 is 2.84 bits per heavy atom. The molecule has 1 saturated heterocycles. The number of aryl methyl sites for hydroxylation is 1. The van der Waals surface area contributed by atoms with Crippen LogP contribution in [0.15, 0.2) is 24.3 Å². The SMILES string of the molecule is Cc1nc(-c2ccc(Cl)cc2)sc1C(=O)NCCN1CCCC[C@H]1C. The summed E-state index contributed by atoms with van der Waals surface area (Å²) in [5.74, 6) is -0.0279. The van der Waals surface area contributed by atoms with Crippen molar-refractivity contribution in [2.75, 3.05) is 19.6 Å². The molecule has 1 aliphatic rings. The Morgan fingerprint density at radius 2 is 2.12 bits per heavy atom. The summed E-state index contributed by atoms with van der Waals surface area (Å²) in [6.45, 7) is 6.88. The minimum atomic E-state index is -0.0279. The van der Waals surface area contributed by atoms with Crippen LogP contribution in [0, 0.1) is 6.92 Å². The van der Waals surface area contributed by atoms with Gasteiger partial charge in [-0.2, -0.15) is 0 Å². The number of carbonyl (C=O) groups is 1. The number of nitrogens with zero attached hydrogens (tertiary/aromatic N) is 2. The van der Waals surface area contributed by atoms with Crippen LogP contribution in [0.5, 0.6) is 0 Å². The number of piperidine rings is 1. The van der Waals surface area contributed by atoms with Crippen molar-refractivity contribution in [2.45, 2.75) is 39.2 Å². The minimum Gasteiger partial charge on any atom is -0.350 e. The smallest absolute Gasteiger partial charge is 0.263 e. The lowest BCUT2D eigenvalue weighted by molar-refractivity contribution is 0.0941. The second kappa shape index (κ2) is 8.30. The first kappa shape index (κ1) is 18.4. The summed E-state index contributed by atoms with van der Waals surface area (Å²) < 4.78 is 0. The normalized spacial score (nSPS) is 18.3. The second-order valence-corrected chi connectivity index (χ2v) is 8.01. The molecule has 25 heavy (non-hydrogen) atoms. The van der Waals surface area contributed by atoms with Crippen LogP contribution in [0.1, 0.15) is 41.6 Å². The van der Waals surface area contributed by atoms with E-state index in [1.807, 2.05) is 31.2 Å². The van der Waals surface area contributed by atoms with Crippen molar-refractivity contribution in [2.24, 2.45) is 0 Å². The van der Waals surface area contributed by atoms with E-state index in [1.165, 1.54) is 30.6 Å². The zero-order chi connectivity index (χ0) is 17.8. The van der Waals surface area contributed by atoms with Gasteiger partial charge in [0, 0.05) is 29.7 Å². The molecule has 1 fully saturated rings. The molecule has 1 N–H and O–H groups in total. The molecule has 1 atom stereocenters. The lowest BCUT2D eigenvalue weighted by Gasteiger charge is -2.33. The van der Waals surface area contributed by atoms with E-state index in [-0.39, 0.29) is 5.91 Å². The molecule has 3 rings (SSSR count). The first-order chi connectivity index (χ1) is 12.0. The topological polar surface area (TPSA) is 45.2 Å². The maximum Gasteiger partial charge on any atom is 0.263 e. The summed E-state index contributed by atoms with van der Waals surface area (Å²) in [5, 5.41) is 4.60. The Hall–Kier alpha value is -1.43. The van der Waals surface area contributed by atoms with Crippen LogP contribution in [-0.4, -0.2) is 41.5 Å². The lowest BCUT2D eigenvalue weighted by atomic mass is 10.0. The van der Waals surface area contributed by atoms with E-state index < -0.39 is 0 Å². The van der Waals surface area contributed by atoms with Gasteiger partial charge < -0.3 is 5.32 Å². The first-order valence-electron chi connectivity index (χ1n) is 8.80. The summed E-state index contributed by atoms with van der Waals surface area (Å²) >= 11 is 7.37. The lowest BCUT2D eigenvalue weighted by Crippen LogP contribution is -2.42. The molecular formula is C19H24ClN3OS. The Balaban J connectivity index is 1.59. The zero-order valence-electron chi connectivity index (χ0n) is 14.7. The number of hydrogen-bond donors (Lipinski definition) is 1.